The largest absolute Gasteiger partial charge is 0.315 e. The number of hydrogen-bond donors (Lipinski definition) is 2. The van der Waals surface area contributed by atoms with Gasteiger partial charge in [0.05, 0.1) is 0 Å². The van der Waals surface area contributed by atoms with E-state index in [0.29, 0.717) is 6.54 Å². The summed E-state index contributed by atoms with van der Waals surface area (Å²) in [6.45, 7) is 3.41. The molecule has 0 spiro atoms. The van der Waals surface area contributed by atoms with Gasteiger partial charge in [0.2, 0.25) is 0 Å². The molecule has 1 aromatic heterocycles. The molecule has 2 rings (SSSR count). The van der Waals surface area contributed by atoms with E-state index in [1.165, 1.54) is 6.07 Å². The third kappa shape index (κ3) is 3.64. The van der Waals surface area contributed by atoms with Gasteiger partial charge >= 0.3 is 0 Å². The Balaban J connectivity index is 0.00000144. The molecule has 2 N–H and O–H groups in total. The van der Waals surface area contributed by atoms with Crippen LogP contribution in [0.2, 0.25) is 0 Å². The summed E-state index contributed by atoms with van der Waals surface area (Å²) in [6.07, 6.45) is 2.38. The number of hydrogen-bond acceptors (Lipinski definition) is 4. The summed E-state index contributed by atoms with van der Waals surface area (Å²) in [6, 6.07) is 3.25. The molecule has 96 valence electrons. The van der Waals surface area contributed by atoms with Crippen LogP contribution in [0.15, 0.2) is 23.4 Å². The van der Waals surface area contributed by atoms with E-state index < -0.39 is 10.0 Å². The lowest BCUT2D eigenvalue weighted by Gasteiger charge is -2.11. The fourth-order valence-electron chi connectivity index (χ4n) is 1.65. The SMILES string of the molecule is Cc1ccc(S(=O)(=O)NC2CCNC2)nc1.Cl. The highest BCUT2D eigenvalue weighted by Crippen LogP contribution is 2.08. The van der Waals surface area contributed by atoms with Gasteiger partial charge in [-0.1, -0.05) is 6.07 Å². The second-order valence-corrected chi connectivity index (χ2v) is 5.65. The first-order valence-electron chi connectivity index (χ1n) is 5.24. The molecule has 7 heteroatoms. The van der Waals surface area contributed by atoms with Gasteiger partial charge < -0.3 is 5.32 Å². The molecule has 1 unspecified atom stereocenters. The Morgan fingerprint density at radius 1 is 1.47 bits per heavy atom. The Bertz CT molecular complexity index is 455. The third-order valence-electron chi connectivity index (χ3n) is 2.54. The van der Waals surface area contributed by atoms with Crippen LogP contribution >= 0.6 is 12.4 Å². The summed E-state index contributed by atoms with van der Waals surface area (Å²) >= 11 is 0. The lowest BCUT2D eigenvalue weighted by molar-refractivity contribution is 0.556. The van der Waals surface area contributed by atoms with E-state index in [1.807, 2.05) is 6.92 Å². The van der Waals surface area contributed by atoms with E-state index >= 15 is 0 Å². The molecule has 1 saturated heterocycles. The van der Waals surface area contributed by atoms with E-state index in [1.54, 1.807) is 12.3 Å². The molecular formula is C10H16ClN3O2S. The number of sulfonamides is 1. The van der Waals surface area contributed by atoms with Gasteiger partial charge in [-0.15, -0.1) is 12.4 Å². The van der Waals surface area contributed by atoms with Crippen molar-refractivity contribution in [2.45, 2.75) is 24.4 Å². The predicted molar refractivity (Wildman–Crippen MR) is 67.8 cm³/mol. The Labute approximate surface area is 107 Å². The van der Waals surface area contributed by atoms with Crippen molar-refractivity contribution in [3.8, 4) is 0 Å². The lowest BCUT2D eigenvalue weighted by Crippen LogP contribution is -2.36. The fourth-order valence-corrected chi connectivity index (χ4v) is 2.85. The van der Waals surface area contributed by atoms with Gasteiger partial charge in [-0.05, 0) is 31.5 Å². The molecule has 17 heavy (non-hydrogen) atoms. The number of nitrogens with zero attached hydrogens (tertiary/aromatic N) is 1. The van der Waals surface area contributed by atoms with Crippen molar-refractivity contribution >= 4 is 22.4 Å². The molecule has 1 aliphatic rings. The molecule has 1 aliphatic heterocycles. The number of halogens is 1. The van der Waals surface area contributed by atoms with Gasteiger partial charge in [0.15, 0.2) is 5.03 Å². The average molecular weight is 278 g/mol. The average Bonchev–Trinajstić information content (AvgIpc) is 2.70. The minimum absolute atomic E-state index is 0. The molecule has 0 aliphatic carbocycles. The Morgan fingerprint density at radius 2 is 2.24 bits per heavy atom. The van der Waals surface area contributed by atoms with Gasteiger partial charge in [-0.25, -0.2) is 18.1 Å². The van der Waals surface area contributed by atoms with E-state index in [9.17, 15) is 8.42 Å². The third-order valence-corrected chi connectivity index (χ3v) is 3.98. The molecule has 2 heterocycles. The minimum Gasteiger partial charge on any atom is -0.315 e. The van der Waals surface area contributed by atoms with Gasteiger partial charge in [0.25, 0.3) is 10.0 Å². The summed E-state index contributed by atoms with van der Waals surface area (Å²) in [5.41, 5.74) is 0.946. The summed E-state index contributed by atoms with van der Waals surface area (Å²) in [5.74, 6) is 0. The van der Waals surface area contributed by atoms with Crippen molar-refractivity contribution in [1.29, 1.82) is 0 Å². The van der Waals surface area contributed by atoms with E-state index in [2.05, 4.69) is 15.0 Å². The first-order valence-corrected chi connectivity index (χ1v) is 6.72. The summed E-state index contributed by atoms with van der Waals surface area (Å²) < 4.78 is 26.4. The molecule has 5 nitrogen and oxygen atoms in total. The lowest BCUT2D eigenvalue weighted by atomic mass is 10.3. The van der Waals surface area contributed by atoms with E-state index in [-0.39, 0.29) is 23.5 Å². The summed E-state index contributed by atoms with van der Waals surface area (Å²) in [7, 11) is -3.46. The van der Waals surface area contributed by atoms with Crippen LogP contribution in [0, 0.1) is 6.92 Å². The standard InChI is InChI=1S/C10H15N3O2S.ClH/c1-8-2-3-10(12-6-8)16(14,15)13-9-4-5-11-7-9;/h2-3,6,9,11,13H,4-5,7H2,1H3;1H. The van der Waals surface area contributed by atoms with Crippen molar-refractivity contribution < 1.29 is 8.42 Å². The normalized spacial score (nSPS) is 19.9. The maximum atomic E-state index is 11.9. The highest BCUT2D eigenvalue weighted by atomic mass is 35.5. The molecule has 0 saturated carbocycles. The predicted octanol–water partition coefficient (Wildman–Crippen LogP) is 0.452. The smallest absolute Gasteiger partial charge is 0.258 e. The monoisotopic (exact) mass is 277 g/mol. The zero-order valence-corrected chi connectivity index (χ0v) is 11.1. The van der Waals surface area contributed by atoms with Crippen LogP contribution in [0.5, 0.6) is 0 Å². The summed E-state index contributed by atoms with van der Waals surface area (Å²) in [5, 5.41) is 3.20. The van der Waals surface area contributed by atoms with E-state index in [0.717, 1.165) is 18.5 Å². The summed E-state index contributed by atoms with van der Waals surface area (Å²) in [4.78, 5) is 3.92. The first kappa shape index (κ1) is 14.4. The van der Waals surface area contributed by atoms with Crippen LogP contribution in [-0.2, 0) is 10.0 Å². The second kappa shape index (κ2) is 5.77. The molecular weight excluding hydrogens is 262 g/mol. The molecule has 0 bridgehead atoms. The van der Waals surface area contributed by atoms with E-state index in [4.69, 9.17) is 0 Å². The molecule has 0 radical (unpaired) electrons. The molecule has 0 amide bonds. The molecule has 1 aromatic rings. The molecule has 0 aromatic carbocycles. The fraction of sp³-hybridized carbons (Fsp3) is 0.500. The number of aryl methyl sites for hydroxylation is 1. The topological polar surface area (TPSA) is 71.1 Å². The number of rotatable bonds is 3. The zero-order valence-electron chi connectivity index (χ0n) is 9.51. The Hall–Kier alpha value is -0.690. The van der Waals surface area contributed by atoms with Crippen LogP contribution in [0.25, 0.3) is 0 Å². The zero-order chi connectivity index (χ0) is 11.6. The van der Waals surface area contributed by atoms with Crippen molar-refractivity contribution in [2.75, 3.05) is 13.1 Å². The quantitative estimate of drug-likeness (QED) is 0.842. The second-order valence-electron chi connectivity index (χ2n) is 3.98. The van der Waals surface area contributed by atoms with Crippen LogP contribution in [0.3, 0.4) is 0 Å². The van der Waals surface area contributed by atoms with Crippen LogP contribution in [0.4, 0.5) is 0 Å². The minimum atomic E-state index is -3.46. The highest BCUT2D eigenvalue weighted by Gasteiger charge is 2.23. The van der Waals surface area contributed by atoms with Crippen LogP contribution in [0.1, 0.15) is 12.0 Å². The van der Waals surface area contributed by atoms with Crippen molar-refractivity contribution in [1.82, 2.24) is 15.0 Å². The maximum absolute atomic E-state index is 11.9. The molecule has 1 fully saturated rings. The van der Waals surface area contributed by atoms with Crippen LogP contribution in [-0.4, -0.2) is 32.5 Å². The van der Waals surface area contributed by atoms with Gasteiger partial charge in [0, 0.05) is 18.8 Å². The van der Waals surface area contributed by atoms with Crippen molar-refractivity contribution in [2.24, 2.45) is 0 Å². The highest BCUT2D eigenvalue weighted by molar-refractivity contribution is 7.89. The van der Waals surface area contributed by atoms with Gasteiger partial charge in [0.1, 0.15) is 0 Å². The number of nitrogens with one attached hydrogen (secondary N) is 2. The Morgan fingerprint density at radius 3 is 2.76 bits per heavy atom. The van der Waals surface area contributed by atoms with Crippen LogP contribution < -0.4 is 10.0 Å². The van der Waals surface area contributed by atoms with Gasteiger partial charge in [-0.2, -0.15) is 0 Å². The van der Waals surface area contributed by atoms with Gasteiger partial charge in [-0.3, -0.25) is 0 Å². The number of aromatic nitrogens is 1. The number of pyridine rings is 1. The van der Waals surface area contributed by atoms with Crippen molar-refractivity contribution in [3.63, 3.8) is 0 Å². The molecule has 1 atom stereocenters. The maximum Gasteiger partial charge on any atom is 0.258 e. The van der Waals surface area contributed by atoms with Crippen molar-refractivity contribution in [3.05, 3.63) is 23.9 Å². The Kier molecular flexibility index (Phi) is 4.88. The first-order chi connectivity index (χ1) is 7.58.